The van der Waals surface area contributed by atoms with Crippen molar-refractivity contribution in [2.75, 3.05) is 0 Å². The van der Waals surface area contributed by atoms with Gasteiger partial charge in [0.1, 0.15) is 0 Å². The molecule has 3 aromatic rings. The molecular weight excluding hydrogens is 389 g/mol. The number of hydrogen-bond donors (Lipinski definition) is 0. The Hall–Kier alpha value is -1.58. The number of hydrogen-bond acceptors (Lipinski definition) is 0. The normalized spacial score (nSPS) is 10.5. The van der Waals surface area contributed by atoms with E-state index < -0.39 is 14.3 Å². The van der Waals surface area contributed by atoms with Crippen LogP contribution in [0.2, 0.25) is 18.1 Å². The van der Waals surface area contributed by atoms with Crippen LogP contribution in [0, 0.1) is 0 Å². The van der Waals surface area contributed by atoms with Crippen molar-refractivity contribution in [2.45, 2.75) is 38.9 Å². The fraction of sp³-hybridized carbons (Fsp3) is 0.250. The van der Waals surface area contributed by atoms with Gasteiger partial charge in [0.25, 0.3) is 0 Å². The Morgan fingerprint density at radius 1 is 0.500 bits per heavy atom. The van der Waals surface area contributed by atoms with Crippen LogP contribution in [-0.2, 0) is 0 Å². The van der Waals surface area contributed by atoms with E-state index in [4.69, 9.17) is 0 Å². The molecule has 3 rings (SSSR count). The third-order valence-corrected chi connectivity index (χ3v) is 13.4. The molecule has 0 aliphatic carbocycles. The fourth-order valence-electron chi connectivity index (χ4n) is 3.06. The zero-order valence-electron chi connectivity index (χ0n) is 16.3. The second-order valence-corrected chi connectivity index (χ2v) is 15.1. The zero-order chi connectivity index (χ0) is 18.6. The van der Waals surface area contributed by atoms with Gasteiger partial charge in [-0.15, -0.1) is 0 Å². The molecule has 26 heavy (non-hydrogen) atoms. The van der Waals surface area contributed by atoms with Crippen LogP contribution < -0.4 is 13.2 Å². The molecular formula is C24H30GeSi. The molecule has 0 bridgehead atoms. The van der Waals surface area contributed by atoms with Crippen LogP contribution in [0.3, 0.4) is 0 Å². The molecule has 0 amide bonds. The Morgan fingerprint density at radius 2 is 0.769 bits per heavy atom. The summed E-state index contributed by atoms with van der Waals surface area (Å²) in [7, 11) is 0.137. The van der Waals surface area contributed by atoms with E-state index in [2.05, 4.69) is 112 Å². The van der Waals surface area contributed by atoms with E-state index in [-0.39, 0.29) is 8.80 Å². The van der Waals surface area contributed by atoms with E-state index in [9.17, 15) is 0 Å². The molecule has 0 heterocycles. The molecule has 2 heteroatoms. The summed E-state index contributed by atoms with van der Waals surface area (Å²) in [6, 6.07) is 37.2. The molecule has 134 valence electrons. The molecule has 3 aromatic carbocycles. The summed E-state index contributed by atoms with van der Waals surface area (Å²) in [5.41, 5.74) is 0. The minimum atomic E-state index is -1.63. The van der Waals surface area contributed by atoms with E-state index in [0.717, 1.165) is 0 Å². The van der Waals surface area contributed by atoms with Crippen LogP contribution in [0.25, 0.3) is 0 Å². The number of rotatable bonds is 6. The Kier molecular flexibility index (Phi) is 9.51. The predicted octanol–water partition coefficient (Wildman–Crippen LogP) is 4.74. The van der Waals surface area contributed by atoms with Gasteiger partial charge in [-0.1, -0.05) is 38.9 Å². The molecule has 0 aromatic heterocycles. The molecule has 0 saturated carbocycles. The molecule has 0 aliphatic heterocycles. The van der Waals surface area contributed by atoms with Gasteiger partial charge in [-0.3, -0.25) is 0 Å². The van der Waals surface area contributed by atoms with E-state index in [1.165, 1.54) is 31.3 Å². The summed E-state index contributed by atoms with van der Waals surface area (Å²) in [6.07, 6.45) is 0. The van der Waals surface area contributed by atoms with Crippen molar-refractivity contribution in [3.05, 3.63) is 91.0 Å². The van der Waals surface area contributed by atoms with Crippen LogP contribution in [0.5, 0.6) is 0 Å². The SMILES string of the molecule is CC[Si](CC)CC.c1cc[c]([Ge]([c]2ccccc2)[c]2ccccc2)cc1. The van der Waals surface area contributed by atoms with Crippen LogP contribution in [0.4, 0.5) is 0 Å². The molecule has 0 aliphatic rings. The summed E-state index contributed by atoms with van der Waals surface area (Å²) < 4.78 is 4.50. The first kappa shape index (κ1) is 20.7. The van der Waals surface area contributed by atoms with Crippen molar-refractivity contribution in [1.29, 1.82) is 0 Å². The molecule has 0 spiro atoms. The van der Waals surface area contributed by atoms with Crippen LogP contribution in [0.1, 0.15) is 20.8 Å². The van der Waals surface area contributed by atoms with Crippen LogP contribution in [0.15, 0.2) is 91.0 Å². The second kappa shape index (κ2) is 11.9. The minimum absolute atomic E-state index is 0.137. The van der Waals surface area contributed by atoms with Gasteiger partial charge in [0.15, 0.2) is 0 Å². The van der Waals surface area contributed by atoms with E-state index in [0.29, 0.717) is 0 Å². The molecule has 0 saturated heterocycles. The predicted molar refractivity (Wildman–Crippen MR) is 121 cm³/mol. The third-order valence-electron chi connectivity index (χ3n) is 4.69. The van der Waals surface area contributed by atoms with Gasteiger partial charge < -0.3 is 0 Å². The number of benzene rings is 3. The summed E-state index contributed by atoms with van der Waals surface area (Å²) >= 11 is -1.63. The maximum absolute atomic E-state index is 2.31. The van der Waals surface area contributed by atoms with Crippen molar-refractivity contribution >= 4 is 36.3 Å². The fourth-order valence-corrected chi connectivity index (χ4v) is 9.97. The van der Waals surface area contributed by atoms with Crippen molar-refractivity contribution in [2.24, 2.45) is 0 Å². The van der Waals surface area contributed by atoms with Gasteiger partial charge in [-0.2, -0.15) is 0 Å². The molecule has 0 unspecified atom stereocenters. The Bertz CT molecular complexity index is 610. The Morgan fingerprint density at radius 3 is 0.962 bits per heavy atom. The summed E-state index contributed by atoms with van der Waals surface area (Å²) in [6.45, 7) is 6.92. The topological polar surface area (TPSA) is 0 Å². The standard InChI is InChI=1S/C18H15Ge.C6H15Si/c1-4-10-16(11-5-1)19(17-12-6-2-7-13-17)18-14-8-3-9-15-18;1-4-7(5-2)6-3/h1-15H;4-6H2,1-3H3. The van der Waals surface area contributed by atoms with Crippen LogP contribution >= 0.6 is 0 Å². The zero-order valence-corrected chi connectivity index (χ0v) is 19.4. The van der Waals surface area contributed by atoms with Gasteiger partial charge in [-0.25, -0.2) is 0 Å². The maximum atomic E-state index is 2.31. The first-order valence-corrected chi connectivity index (χ1v) is 14.9. The molecule has 2 radical (unpaired) electrons. The van der Waals surface area contributed by atoms with E-state index in [1.54, 1.807) is 0 Å². The van der Waals surface area contributed by atoms with Crippen molar-refractivity contribution in [1.82, 2.24) is 0 Å². The van der Waals surface area contributed by atoms with E-state index in [1.807, 2.05) is 0 Å². The Balaban J connectivity index is 0.000000298. The molecule has 0 atom stereocenters. The van der Waals surface area contributed by atoms with Gasteiger partial charge in [0, 0.05) is 8.80 Å². The first-order valence-electron chi connectivity index (χ1n) is 9.66. The molecule has 0 fully saturated rings. The van der Waals surface area contributed by atoms with Crippen LogP contribution in [-0.4, -0.2) is 23.1 Å². The van der Waals surface area contributed by atoms with Crippen molar-refractivity contribution < 1.29 is 0 Å². The van der Waals surface area contributed by atoms with Gasteiger partial charge in [0.2, 0.25) is 0 Å². The van der Waals surface area contributed by atoms with Gasteiger partial charge >= 0.3 is 119 Å². The molecule has 0 N–H and O–H groups in total. The van der Waals surface area contributed by atoms with Gasteiger partial charge in [0.05, 0.1) is 0 Å². The second-order valence-electron chi connectivity index (χ2n) is 6.28. The average molecular weight is 419 g/mol. The van der Waals surface area contributed by atoms with Gasteiger partial charge in [-0.05, 0) is 0 Å². The monoisotopic (exact) mass is 420 g/mol. The summed E-state index contributed by atoms with van der Waals surface area (Å²) in [5.74, 6) is 0. The molecule has 0 nitrogen and oxygen atoms in total. The quantitative estimate of drug-likeness (QED) is 0.507. The third kappa shape index (κ3) is 6.30. The average Bonchev–Trinajstić information content (AvgIpc) is 2.72. The van der Waals surface area contributed by atoms with E-state index >= 15 is 0 Å². The Labute approximate surface area is 166 Å². The summed E-state index contributed by atoms with van der Waals surface area (Å²) in [5, 5.41) is 0. The summed E-state index contributed by atoms with van der Waals surface area (Å²) in [4.78, 5) is 0. The van der Waals surface area contributed by atoms with Crippen molar-refractivity contribution in [3.8, 4) is 0 Å². The first-order chi connectivity index (χ1) is 12.8. The van der Waals surface area contributed by atoms with Crippen molar-refractivity contribution in [3.63, 3.8) is 0 Å².